The molecule has 1 aromatic heterocycles. The lowest BCUT2D eigenvalue weighted by Crippen LogP contribution is -2.61. The molecule has 31 nitrogen and oxygen atoms in total. The first-order valence-corrected chi connectivity index (χ1v) is 29.2. The Kier molecular flexibility index (Phi) is 30.4. The van der Waals surface area contributed by atoms with Crippen LogP contribution in [0.15, 0.2) is 36.8 Å². The highest BCUT2D eigenvalue weighted by Gasteiger charge is 2.41. The summed E-state index contributed by atoms with van der Waals surface area (Å²) in [6, 6.07) is -8.39. The molecule has 1 fully saturated rings. The first-order valence-electron chi connectivity index (χ1n) is 29.2. The number of aromatic amines is 1. The maximum atomic E-state index is 14.6. The lowest BCUT2D eigenvalue weighted by molar-refractivity contribution is -0.144. The Morgan fingerprint density at radius 3 is 1.57 bits per heavy atom. The lowest BCUT2D eigenvalue weighted by Gasteiger charge is -2.31. The number of nitrogens with zero attached hydrogens (tertiary/aromatic N) is 2. The summed E-state index contributed by atoms with van der Waals surface area (Å²) in [6.45, 7) is 9.80. The summed E-state index contributed by atoms with van der Waals surface area (Å²) in [5.41, 5.74) is 12.9. The summed E-state index contributed by atoms with van der Waals surface area (Å²) in [6.07, 6.45) is -0.289. The topological polar surface area (TPSA) is 503 Å². The number of carboxylic acids is 4. The maximum absolute atomic E-state index is 14.6. The first-order chi connectivity index (χ1) is 41.4. The van der Waals surface area contributed by atoms with Gasteiger partial charge in [0.1, 0.15) is 60.1 Å². The van der Waals surface area contributed by atoms with Crippen LogP contribution in [0.2, 0.25) is 0 Å². The molecule has 2 aromatic rings. The van der Waals surface area contributed by atoms with Gasteiger partial charge >= 0.3 is 23.9 Å². The molecular formula is C57H87N13O18. The Morgan fingerprint density at radius 2 is 1.06 bits per heavy atom. The fourth-order valence-electron chi connectivity index (χ4n) is 9.55. The normalized spacial score (nSPS) is 16.1. The van der Waals surface area contributed by atoms with Crippen molar-refractivity contribution in [2.24, 2.45) is 29.2 Å². The van der Waals surface area contributed by atoms with Gasteiger partial charge < -0.3 is 89.4 Å². The molecule has 18 N–H and O–H groups in total. The minimum absolute atomic E-state index is 0.0144. The number of imidazole rings is 1. The summed E-state index contributed by atoms with van der Waals surface area (Å²) in [4.78, 5) is 182. The van der Waals surface area contributed by atoms with Crippen molar-refractivity contribution < 1.29 is 87.9 Å². The molecule has 9 amide bonds. The number of amides is 9. The van der Waals surface area contributed by atoms with Crippen LogP contribution in [0.3, 0.4) is 0 Å². The van der Waals surface area contributed by atoms with Gasteiger partial charge in [0, 0.05) is 44.1 Å². The Bertz CT molecular complexity index is 2730. The number of carboxylic acid groups (broad SMARTS) is 4. The smallest absolute Gasteiger partial charge is 0.326 e. The molecule has 0 aliphatic carbocycles. The average molecular weight is 1240 g/mol. The zero-order valence-corrected chi connectivity index (χ0v) is 50.4. The molecule has 1 aromatic carbocycles. The highest BCUT2D eigenvalue weighted by molar-refractivity contribution is 5.99. The predicted molar refractivity (Wildman–Crippen MR) is 313 cm³/mol. The number of rotatable bonds is 39. The fourth-order valence-corrected chi connectivity index (χ4v) is 9.55. The highest BCUT2D eigenvalue weighted by Crippen LogP contribution is 2.22. The number of unbranched alkanes of at least 4 members (excludes halogenated alkanes) is 1. The van der Waals surface area contributed by atoms with Gasteiger partial charge in [-0.1, -0.05) is 53.7 Å². The molecule has 10 unspecified atom stereocenters. The van der Waals surface area contributed by atoms with Crippen molar-refractivity contribution in [2.75, 3.05) is 13.1 Å². The van der Waals surface area contributed by atoms with Crippen LogP contribution in [0.5, 0.6) is 5.75 Å². The third kappa shape index (κ3) is 24.9. The second-order valence-corrected chi connectivity index (χ2v) is 22.8. The number of nitrogens with two attached hydrogens (primary N) is 2. The second kappa shape index (κ2) is 36.4. The minimum Gasteiger partial charge on any atom is -0.508 e. The standard InChI is InChI=1S/C57H87N13O18/c1-29(2)24-40(66-48(78)35(59)25-32-12-14-34(71)15-13-32)52(82)67-41(26-33-27-60-28-61-33)53(83)68-46(30(3)4)55(85)65-39(18-21-45(76)77)56(86)70-23-9-11-42(70)54(84)64-37(16-19-43(72)73)50(80)62-36(10-7-8-22-58)49(79)63-38(17-20-44(74)75)51(81)69-47(31(5)6)57(87)88/h12-15,27-31,35-42,46-47,71H,7-11,16-26,58-59H2,1-6H3,(H,60,61)(H,62,80)(H,63,79)(H,64,84)(H,65,85)(H,66,78)(H,67,82)(H,68,83)(H,69,81)(H,72,73)(H,74,75)(H,76,77)(H,87,88). The summed E-state index contributed by atoms with van der Waals surface area (Å²) in [5, 5.41) is 68.2. The monoisotopic (exact) mass is 1240 g/mol. The van der Waals surface area contributed by atoms with Crippen LogP contribution < -0.4 is 54.0 Å². The van der Waals surface area contributed by atoms with Gasteiger partial charge in [0.15, 0.2) is 0 Å². The number of aromatic nitrogens is 2. The van der Waals surface area contributed by atoms with Crippen LogP contribution in [-0.2, 0) is 75.2 Å². The Hall–Kier alpha value is -8.74. The van der Waals surface area contributed by atoms with Crippen LogP contribution in [0.1, 0.15) is 130 Å². The van der Waals surface area contributed by atoms with E-state index in [1.807, 2.05) is 13.8 Å². The van der Waals surface area contributed by atoms with E-state index in [0.29, 0.717) is 17.7 Å². The van der Waals surface area contributed by atoms with Gasteiger partial charge in [-0.15, -0.1) is 0 Å². The SMILES string of the molecule is CC(C)CC(NC(=O)C(N)Cc1ccc(O)cc1)C(=O)NC(Cc1cnc[nH]1)C(=O)NC(C(=O)NC(CCC(=O)O)C(=O)N1CCCC1C(=O)NC(CCC(=O)O)C(=O)NC(CCCCN)C(=O)NC(CCC(=O)O)C(=O)NC(C(=O)O)C(C)C)C(C)C. The largest absolute Gasteiger partial charge is 0.508 e. The zero-order chi connectivity index (χ0) is 65.9. The van der Waals surface area contributed by atoms with Crippen molar-refractivity contribution in [2.45, 2.75) is 192 Å². The van der Waals surface area contributed by atoms with E-state index in [4.69, 9.17) is 11.5 Å². The Morgan fingerprint density at radius 1 is 0.580 bits per heavy atom. The fraction of sp³-hybridized carbons (Fsp3) is 0.614. The van der Waals surface area contributed by atoms with Crippen LogP contribution in [0.4, 0.5) is 0 Å². The number of hydrogen-bond acceptors (Lipinski definition) is 17. The molecular weight excluding hydrogens is 1150 g/mol. The van der Waals surface area contributed by atoms with Crippen molar-refractivity contribution in [3.05, 3.63) is 48.0 Å². The van der Waals surface area contributed by atoms with Crippen LogP contribution >= 0.6 is 0 Å². The van der Waals surface area contributed by atoms with E-state index in [1.54, 1.807) is 26.0 Å². The van der Waals surface area contributed by atoms with Gasteiger partial charge in [-0.05, 0) is 106 Å². The molecule has 1 aliphatic rings. The minimum atomic E-state index is -1.69. The number of carbonyl (C=O) groups is 13. The van der Waals surface area contributed by atoms with Crippen molar-refractivity contribution in [1.29, 1.82) is 0 Å². The van der Waals surface area contributed by atoms with E-state index in [2.05, 4.69) is 52.5 Å². The van der Waals surface area contributed by atoms with Crippen LogP contribution in [0.25, 0.3) is 0 Å². The molecule has 0 saturated carbocycles. The molecule has 488 valence electrons. The third-order valence-electron chi connectivity index (χ3n) is 14.4. The van der Waals surface area contributed by atoms with Gasteiger partial charge in [0.25, 0.3) is 0 Å². The molecule has 31 heteroatoms. The van der Waals surface area contributed by atoms with Gasteiger partial charge in [0.2, 0.25) is 53.2 Å². The molecule has 0 bridgehead atoms. The van der Waals surface area contributed by atoms with Gasteiger partial charge in [-0.25, -0.2) is 9.78 Å². The highest BCUT2D eigenvalue weighted by atomic mass is 16.4. The Balaban J connectivity index is 1.89. The third-order valence-corrected chi connectivity index (χ3v) is 14.4. The number of phenols is 1. The number of phenolic OH excluding ortho intramolecular Hbond substituents is 1. The van der Waals surface area contributed by atoms with E-state index < -0.39 is 188 Å². The number of H-pyrrole nitrogens is 1. The van der Waals surface area contributed by atoms with Gasteiger partial charge in [-0.2, -0.15) is 0 Å². The molecule has 2 heterocycles. The van der Waals surface area contributed by atoms with E-state index >= 15 is 0 Å². The van der Waals surface area contributed by atoms with Gasteiger partial charge in [0.05, 0.1) is 12.4 Å². The molecule has 0 spiro atoms. The number of hydrogen-bond donors (Lipinski definition) is 16. The van der Waals surface area contributed by atoms with E-state index in [9.17, 15) is 87.9 Å². The van der Waals surface area contributed by atoms with Crippen LogP contribution in [0, 0.1) is 17.8 Å². The number of aromatic hydroxyl groups is 1. The first kappa shape index (κ1) is 73.5. The van der Waals surface area contributed by atoms with Crippen molar-refractivity contribution in [3.8, 4) is 5.75 Å². The number of benzene rings is 1. The molecule has 0 radical (unpaired) electrons. The predicted octanol–water partition coefficient (Wildman–Crippen LogP) is -1.74. The molecule has 10 atom stereocenters. The van der Waals surface area contributed by atoms with Crippen molar-refractivity contribution in [1.82, 2.24) is 57.4 Å². The summed E-state index contributed by atoms with van der Waals surface area (Å²) < 4.78 is 0. The van der Waals surface area contributed by atoms with E-state index in [0.717, 1.165) is 4.90 Å². The summed E-state index contributed by atoms with van der Waals surface area (Å²) >= 11 is 0. The Labute approximate surface area is 508 Å². The number of nitrogens with one attached hydrogen (secondary N) is 9. The molecule has 88 heavy (non-hydrogen) atoms. The summed E-state index contributed by atoms with van der Waals surface area (Å²) in [7, 11) is 0. The quantitative estimate of drug-likeness (QED) is 0.0331. The van der Waals surface area contributed by atoms with Gasteiger partial charge in [-0.3, -0.25) is 57.5 Å². The number of carbonyl (C=O) groups excluding carboxylic acids is 9. The van der Waals surface area contributed by atoms with Crippen LogP contribution in [-0.4, -0.2) is 191 Å². The average Bonchev–Trinajstić information content (AvgIpc) is 2.54. The van der Waals surface area contributed by atoms with E-state index in [-0.39, 0.29) is 69.7 Å². The van der Waals surface area contributed by atoms with E-state index in [1.165, 1.54) is 38.5 Å². The molecule has 1 aliphatic heterocycles. The number of likely N-dealkylation sites (tertiary alicyclic amines) is 1. The second-order valence-electron chi connectivity index (χ2n) is 22.8. The lowest BCUT2D eigenvalue weighted by atomic mass is 9.99. The van der Waals surface area contributed by atoms with Crippen molar-refractivity contribution >= 4 is 77.0 Å². The number of aliphatic carboxylic acids is 4. The maximum Gasteiger partial charge on any atom is 0.326 e. The van der Waals surface area contributed by atoms with Crippen molar-refractivity contribution in [3.63, 3.8) is 0 Å². The summed E-state index contributed by atoms with van der Waals surface area (Å²) in [5.74, 6) is -15.3. The molecule has 1 saturated heterocycles. The zero-order valence-electron chi connectivity index (χ0n) is 50.4. The molecule has 3 rings (SSSR count).